The second kappa shape index (κ2) is 4.61. The molecular formula is C10H12BrFO. The Labute approximate surface area is 86.0 Å². The van der Waals surface area contributed by atoms with Crippen molar-refractivity contribution in [1.82, 2.24) is 0 Å². The van der Waals surface area contributed by atoms with Crippen LogP contribution in [-0.4, -0.2) is 6.10 Å². The van der Waals surface area contributed by atoms with Gasteiger partial charge >= 0.3 is 0 Å². The molecule has 0 radical (unpaired) electrons. The van der Waals surface area contributed by atoms with Crippen LogP contribution in [0.4, 0.5) is 4.39 Å². The van der Waals surface area contributed by atoms with E-state index in [0.717, 1.165) is 10.9 Å². The Hall–Kier alpha value is -0.570. The fourth-order valence-corrected chi connectivity index (χ4v) is 1.21. The van der Waals surface area contributed by atoms with E-state index < -0.39 is 0 Å². The van der Waals surface area contributed by atoms with Gasteiger partial charge in [0.05, 0.1) is 6.10 Å². The van der Waals surface area contributed by atoms with Crippen LogP contribution in [0.3, 0.4) is 0 Å². The van der Waals surface area contributed by atoms with E-state index in [0.29, 0.717) is 5.75 Å². The molecule has 72 valence electrons. The number of benzene rings is 1. The molecule has 0 saturated heterocycles. The van der Waals surface area contributed by atoms with E-state index in [2.05, 4.69) is 15.9 Å². The van der Waals surface area contributed by atoms with Crippen molar-refractivity contribution in [1.29, 1.82) is 0 Å². The molecule has 0 aliphatic rings. The molecular weight excluding hydrogens is 235 g/mol. The summed E-state index contributed by atoms with van der Waals surface area (Å²) in [6.07, 6.45) is 0.912. The largest absolute Gasteiger partial charge is 0.488 e. The molecule has 0 amide bonds. The lowest BCUT2D eigenvalue weighted by molar-refractivity contribution is 0.207. The second-order valence-corrected chi connectivity index (χ2v) is 3.83. The van der Waals surface area contributed by atoms with E-state index in [-0.39, 0.29) is 11.9 Å². The lowest BCUT2D eigenvalue weighted by Gasteiger charge is -2.13. The van der Waals surface area contributed by atoms with Crippen LogP contribution in [0.15, 0.2) is 22.7 Å². The first-order chi connectivity index (χ1) is 6.13. The smallest absolute Gasteiger partial charge is 0.165 e. The summed E-state index contributed by atoms with van der Waals surface area (Å²) in [5, 5.41) is 0. The highest BCUT2D eigenvalue weighted by molar-refractivity contribution is 9.10. The summed E-state index contributed by atoms with van der Waals surface area (Å²) in [5.74, 6) is -0.00720. The second-order valence-electron chi connectivity index (χ2n) is 2.91. The fraction of sp³-hybridized carbons (Fsp3) is 0.400. The molecule has 1 unspecified atom stereocenters. The molecule has 1 rings (SSSR count). The van der Waals surface area contributed by atoms with Gasteiger partial charge in [0.2, 0.25) is 0 Å². The highest BCUT2D eigenvalue weighted by Crippen LogP contribution is 2.23. The van der Waals surface area contributed by atoms with Gasteiger partial charge in [0.15, 0.2) is 11.6 Å². The Kier molecular flexibility index (Phi) is 3.72. The summed E-state index contributed by atoms with van der Waals surface area (Å²) in [4.78, 5) is 0. The average molecular weight is 247 g/mol. The molecule has 0 N–H and O–H groups in total. The number of ether oxygens (including phenoxy) is 1. The molecule has 0 aromatic heterocycles. The number of hydrogen-bond donors (Lipinski definition) is 0. The molecule has 13 heavy (non-hydrogen) atoms. The molecule has 3 heteroatoms. The van der Waals surface area contributed by atoms with E-state index >= 15 is 0 Å². The van der Waals surface area contributed by atoms with Crippen molar-refractivity contribution in [3.8, 4) is 5.75 Å². The first-order valence-electron chi connectivity index (χ1n) is 4.25. The van der Waals surface area contributed by atoms with Crippen LogP contribution in [0, 0.1) is 5.82 Å². The van der Waals surface area contributed by atoms with Gasteiger partial charge in [-0.25, -0.2) is 4.39 Å². The van der Waals surface area contributed by atoms with E-state index in [9.17, 15) is 4.39 Å². The molecule has 1 atom stereocenters. The molecule has 0 aliphatic carbocycles. The Bertz CT molecular complexity index is 288. The van der Waals surface area contributed by atoms with Crippen molar-refractivity contribution in [2.75, 3.05) is 0 Å². The molecule has 0 heterocycles. The standard InChI is InChI=1S/C10H12BrFO/c1-3-7(2)13-10-6-8(11)4-5-9(10)12/h4-7H,3H2,1-2H3. The molecule has 0 saturated carbocycles. The highest BCUT2D eigenvalue weighted by Gasteiger charge is 2.06. The first kappa shape index (κ1) is 10.5. The number of rotatable bonds is 3. The molecule has 0 aliphatic heterocycles. The molecule has 1 aromatic carbocycles. The van der Waals surface area contributed by atoms with Crippen LogP contribution in [0.1, 0.15) is 20.3 Å². The van der Waals surface area contributed by atoms with Crippen molar-refractivity contribution < 1.29 is 9.13 Å². The lowest BCUT2D eigenvalue weighted by Crippen LogP contribution is -2.10. The molecule has 0 fully saturated rings. The topological polar surface area (TPSA) is 9.23 Å². The third kappa shape index (κ3) is 2.99. The maximum atomic E-state index is 13.1. The molecule has 0 bridgehead atoms. The van der Waals surface area contributed by atoms with Crippen LogP contribution in [0.2, 0.25) is 0 Å². The normalized spacial score (nSPS) is 12.6. The zero-order valence-corrected chi connectivity index (χ0v) is 9.27. The van der Waals surface area contributed by atoms with Gasteiger partial charge in [-0.15, -0.1) is 0 Å². The van der Waals surface area contributed by atoms with Crippen molar-refractivity contribution >= 4 is 15.9 Å². The van der Waals surface area contributed by atoms with Gasteiger partial charge in [0.1, 0.15) is 0 Å². The third-order valence-electron chi connectivity index (χ3n) is 1.80. The van der Waals surface area contributed by atoms with Crippen molar-refractivity contribution in [3.63, 3.8) is 0 Å². The van der Waals surface area contributed by atoms with Gasteiger partial charge in [-0.1, -0.05) is 22.9 Å². The minimum Gasteiger partial charge on any atom is -0.488 e. The maximum Gasteiger partial charge on any atom is 0.165 e. The summed E-state index contributed by atoms with van der Waals surface area (Å²) in [5.41, 5.74) is 0. The lowest BCUT2D eigenvalue weighted by atomic mass is 10.3. The van der Waals surface area contributed by atoms with Crippen LogP contribution in [0.25, 0.3) is 0 Å². The SMILES string of the molecule is CCC(C)Oc1cc(Br)ccc1F. The van der Waals surface area contributed by atoms with E-state index in [4.69, 9.17) is 4.74 Å². The van der Waals surface area contributed by atoms with Gasteiger partial charge in [0, 0.05) is 4.47 Å². The average Bonchev–Trinajstić information content (AvgIpc) is 2.11. The van der Waals surface area contributed by atoms with Crippen LogP contribution < -0.4 is 4.74 Å². The van der Waals surface area contributed by atoms with Crippen LogP contribution in [-0.2, 0) is 0 Å². The molecule has 0 spiro atoms. The Morgan fingerprint density at radius 2 is 2.23 bits per heavy atom. The highest BCUT2D eigenvalue weighted by atomic mass is 79.9. The summed E-state index contributed by atoms with van der Waals surface area (Å²) >= 11 is 3.26. The summed E-state index contributed by atoms with van der Waals surface area (Å²) in [6.45, 7) is 3.92. The van der Waals surface area contributed by atoms with E-state index in [1.165, 1.54) is 6.07 Å². The zero-order chi connectivity index (χ0) is 9.84. The fourth-order valence-electron chi connectivity index (χ4n) is 0.868. The summed E-state index contributed by atoms with van der Waals surface area (Å²) < 4.78 is 19.3. The molecule has 1 aromatic rings. The minimum atomic E-state index is -0.316. The van der Waals surface area contributed by atoms with Crippen LogP contribution in [0.5, 0.6) is 5.75 Å². The Morgan fingerprint density at radius 3 is 2.85 bits per heavy atom. The zero-order valence-electron chi connectivity index (χ0n) is 7.68. The number of hydrogen-bond acceptors (Lipinski definition) is 1. The Morgan fingerprint density at radius 1 is 1.54 bits per heavy atom. The van der Waals surface area contributed by atoms with E-state index in [1.807, 2.05) is 13.8 Å². The van der Waals surface area contributed by atoms with Gasteiger partial charge in [-0.3, -0.25) is 0 Å². The van der Waals surface area contributed by atoms with Gasteiger partial charge in [-0.2, -0.15) is 0 Å². The maximum absolute atomic E-state index is 13.1. The quantitative estimate of drug-likeness (QED) is 0.790. The molecule has 1 nitrogen and oxygen atoms in total. The Balaban J connectivity index is 2.81. The van der Waals surface area contributed by atoms with E-state index in [1.54, 1.807) is 12.1 Å². The van der Waals surface area contributed by atoms with Crippen molar-refractivity contribution in [2.24, 2.45) is 0 Å². The predicted octanol–water partition coefficient (Wildman–Crippen LogP) is 3.77. The monoisotopic (exact) mass is 246 g/mol. The number of halogens is 2. The van der Waals surface area contributed by atoms with Crippen LogP contribution >= 0.6 is 15.9 Å². The van der Waals surface area contributed by atoms with Gasteiger partial charge in [0.25, 0.3) is 0 Å². The summed E-state index contributed by atoms with van der Waals surface area (Å²) in [6, 6.07) is 4.68. The van der Waals surface area contributed by atoms with Gasteiger partial charge in [-0.05, 0) is 31.5 Å². The first-order valence-corrected chi connectivity index (χ1v) is 5.04. The third-order valence-corrected chi connectivity index (χ3v) is 2.29. The predicted molar refractivity (Wildman–Crippen MR) is 54.5 cm³/mol. The summed E-state index contributed by atoms with van der Waals surface area (Å²) in [7, 11) is 0. The minimum absolute atomic E-state index is 0.0452. The van der Waals surface area contributed by atoms with Gasteiger partial charge < -0.3 is 4.74 Å². The van der Waals surface area contributed by atoms with Crippen molar-refractivity contribution in [2.45, 2.75) is 26.4 Å². The van der Waals surface area contributed by atoms with Crippen molar-refractivity contribution in [3.05, 3.63) is 28.5 Å².